The minimum atomic E-state index is -0.0999. The minimum Gasteiger partial charge on any atom is -0.460 e. The van der Waals surface area contributed by atoms with Gasteiger partial charge in [-0.25, -0.2) is 0 Å². The van der Waals surface area contributed by atoms with Crippen molar-refractivity contribution in [1.29, 1.82) is 0 Å². The zero-order valence-electron chi connectivity index (χ0n) is 8.17. The smallest absolute Gasteiger partial charge is 0.309 e. The van der Waals surface area contributed by atoms with Crippen LogP contribution in [0.25, 0.3) is 0 Å². The van der Waals surface area contributed by atoms with E-state index >= 15 is 0 Å². The van der Waals surface area contributed by atoms with E-state index in [-0.39, 0.29) is 18.5 Å². The summed E-state index contributed by atoms with van der Waals surface area (Å²) in [6.45, 7) is 3.89. The summed E-state index contributed by atoms with van der Waals surface area (Å²) in [4.78, 5) is 11.5. The van der Waals surface area contributed by atoms with Crippen LogP contribution in [0.2, 0.25) is 0 Å². The van der Waals surface area contributed by atoms with Crippen molar-refractivity contribution in [3.63, 3.8) is 0 Å². The number of allylic oxidation sites excluding steroid dienone is 2. The molecule has 0 saturated heterocycles. The van der Waals surface area contributed by atoms with Crippen molar-refractivity contribution in [3.05, 3.63) is 23.2 Å². The Balaban J connectivity index is 2.35. The fraction of sp³-hybridized carbons (Fsp3) is 0.545. The first-order valence-electron chi connectivity index (χ1n) is 4.85. The molecule has 1 aliphatic rings. The molecule has 2 nitrogen and oxygen atoms in total. The van der Waals surface area contributed by atoms with E-state index in [2.05, 4.69) is 34.7 Å². The summed E-state index contributed by atoms with van der Waals surface area (Å²) in [6, 6.07) is 0. The normalized spacial score (nSPS) is 21.4. The van der Waals surface area contributed by atoms with Gasteiger partial charge in [0.05, 0.1) is 5.92 Å². The average Bonchev–Trinajstić information content (AvgIpc) is 2.42. The van der Waals surface area contributed by atoms with Gasteiger partial charge in [-0.3, -0.25) is 4.79 Å². The molecule has 0 N–H and O–H groups in total. The molecule has 1 aliphatic carbocycles. The van der Waals surface area contributed by atoms with Gasteiger partial charge in [-0.05, 0) is 25.7 Å². The Morgan fingerprint density at radius 2 is 2.36 bits per heavy atom. The van der Waals surface area contributed by atoms with Crippen molar-refractivity contribution in [1.82, 2.24) is 0 Å². The van der Waals surface area contributed by atoms with Gasteiger partial charge in [0.15, 0.2) is 0 Å². The van der Waals surface area contributed by atoms with Gasteiger partial charge < -0.3 is 4.74 Å². The predicted octanol–water partition coefficient (Wildman–Crippen LogP) is 3.18. The Morgan fingerprint density at radius 1 is 1.57 bits per heavy atom. The molecule has 0 aliphatic heterocycles. The third-order valence-corrected chi connectivity index (χ3v) is 2.44. The number of hydrogen-bond donors (Lipinski definition) is 0. The molecule has 1 rings (SSSR count). The van der Waals surface area contributed by atoms with E-state index in [1.165, 1.54) is 0 Å². The van der Waals surface area contributed by atoms with Crippen molar-refractivity contribution in [2.75, 3.05) is 6.61 Å². The lowest BCUT2D eigenvalue weighted by Crippen LogP contribution is -2.17. The number of hydrogen-bond acceptors (Lipinski definition) is 2. The fourth-order valence-corrected chi connectivity index (χ4v) is 1.57. The lowest BCUT2D eigenvalue weighted by molar-refractivity contribution is -0.147. The van der Waals surface area contributed by atoms with E-state index in [0.29, 0.717) is 4.48 Å². The lowest BCUT2D eigenvalue weighted by Gasteiger charge is -2.12. The van der Waals surface area contributed by atoms with Crippen LogP contribution >= 0.6 is 15.9 Å². The molecule has 0 fully saturated rings. The van der Waals surface area contributed by atoms with Gasteiger partial charge >= 0.3 is 5.97 Å². The van der Waals surface area contributed by atoms with Crippen molar-refractivity contribution in [2.45, 2.75) is 25.7 Å². The van der Waals surface area contributed by atoms with E-state index < -0.39 is 0 Å². The molecule has 78 valence electrons. The molecule has 0 aromatic rings. The highest BCUT2D eigenvalue weighted by Gasteiger charge is 2.19. The van der Waals surface area contributed by atoms with Crippen LogP contribution in [0, 0.1) is 5.92 Å². The van der Waals surface area contributed by atoms with E-state index in [1.807, 2.05) is 0 Å². The number of ether oxygens (including phenoxy) is 1. The Morgan fingerprint density at radius 3 is 3.07 bits per heavy atom. The topological polar surface area (TPSA) is 26.3 Å². The van der Waals surface area contributed by atoms with Gasteiger partial charge in [-0.15, -0.1) is 0 Å². The predicted molar refractivity (Wildman–Crippen MR) is 60.1 cm³/mol. The van der Waals surface area contributed by atoms with Crippen molar-refractivity contribution < 1.29 is 9.53 Å². The molecule has 0 radical (unpaired) electrons. The Hall–Kier alpha value is -0.570. The first-order chi connectivity index (χ1) is 6.70. The summed E-state index contributed by atoms with van der Waals surface area (Å²) in [5, 5.41) is 0. The van der Waals surface area contributed by atoms with Crippen LogP contribution in [0.3, 0.4) is 0 Å². The maximum Gasteiger partial charge on any atom is 0.309 e. The lowest BCUT2D eigenvalue weighted by atomic mass is 10.0. The van der Waals surface area contributed by atoms with Gasteiger partial charge in [0, 0.05) is 4.48 Å². The zero-order chi connectivity index (χ0) is 10.4. The molecule has 14 heavy (non-hydrogen) atoms. The molecular formula is C11H15BrO2. The summed E-state index contributed by atoms with van der Waals surface area (Å²) >= 11 is 3.16. The summed E-state index contributed by atoms with van der Waals surface area (Å²) < 4.78 is 5.78. The molecular weight excluding hydrogens is 244 g/mol. The minimum absolute atomic E-state index is 0.0422. The highest BCUT2D eigenvalue weighted by molar-refractivity contribution is 9.11. The molecule has 0 amide bonds. The largest absolute Gasteiger partial charge is 0.460 e. The Bertz CT molecular complexity index is 246. The van der Waals surface area contributed by atoms with Gasteiger partial charge in [0.25, 0.3) is 0 Å². The molecule has 0 aromatic carbocycles. The number of carbonyl (C=O) groups is 1. The van der Waals surface area contributed by atoms with Gasteiger partial charge in [-0.1, -0.05) is 34.7 Å². The molecule has 0 aromatic heterocycles. The zero-order valence-corrected chi connectivity index (χ0v) is 9.76. The number of carbonyl (C=O) groups excluding carboxylic acids is 1. The molecule has 1 unspecified atom stereocenters. The van der Waals surface area contributed by atoms with E-state index in [0.717, 1.165) is 25.7 Å². The number of rotatable bonds is 3. The molecule has 0 bridgehead atoms. The van der Waals surface area contributed by atoms with Crippen molar-refractivity contribution in [2.24, 2.45) is 5.92 Å². The summed E-state index contributed by atoms with van der Waals surface area (Å²) in [7, 11) is 0. The first kappa shape index (κ1) is 11.5. The Kier molecular flexibility index (Phi) is 4.94. The highest BCUT2D eigenvalue weighted by atomic mass is 79.9. The van der Waals surface area contributed by atoms with Crippen LogP contribution in [-0.4, -0.2) is 12.6 Å². The van der Waals surface area contributed by atoms with Crippen LogP contribution in [0.1, 0.15) is 25.7 Å². The standard InChI is InChI=1S/C11H15BrO2/c1-9(12)8-14-11(13)10-6-4-2-3-5-7-10/h2,4,10H,1,3,5-8H2. The van der Waals surface area contributed by atoms with Gasteiger partial charge in [0.1, 0.15) is 6.61 Å². The second-order valence-electron chi connectivity index (χ2n) is 3.46. The Labute approximate surface area is 93.1 Å². The van der Waals surface area contributed by atoms with Gasteiger partial charge in [0.2, 0.25) is 0 Å². The molecule has 3 heteroatoms. The van der Waals surface area contributed by atoms with Crippen LogP contribution in [0.5, 0.6) is 0 Å². The van der Waals surface area contributed by atoms with Crippen LogP contribution < -0.4 is 0 Å². The molecule has 0 heterocycles. The van der Waals surface area contributed by atoms with Crippen LogP contribution in [0.4, 0.5) is 0 Å². The van der Waals surface area contributed by atoms with Gasteiger partial charge in [-0.2, -0.15) is 0 Å². The fourth-order valence-electron chi connectivity index (χ4n) is 1.46. The highest BCUT2D eigenvalue weighted by Crippen LogP contribution is 2.19. The number of halogens is 1. The van der Waals surface area contributed by atoms with E-state index in [9.17, 15) is 4.79 Å². The molecule has 0 spiro atoms. The van der Waals surface area contributed by atoms with Crippen LogP contribution in [-0.2, 0) is 9.53 Å². The van der Waals surface area contributed by atoms with Crippen molar-refractivity contribution >= 4 is 21.9 Å². The number of esters is 1. The van der Waals surface area contributed by atoms with E-state index in [4.69, 9.17) is 4.74 Å². The second kappa shape index (κ2) is 6.02. The summed E-state index contributed by atoms with van der Waals surface area (Å²) in [5.41, 5.74) is 0. The van der Waals surface area contributed by atoms with Crippen LogP contribution in [0.15, 0.2) is 23.2 Å². The second-order valence-corrected chi connectivity index (χ2v) is 4.58. The maximum absolute atomic E-state index is 11.5. The average molecular weight is 259 g/mol. The van der Waals surface area contributed by atoms with Crippen molar-refractivity contribution in [3.8, 4) is 0 Å². The molecule has 1 atom stereocenters. The monoisotopic (exact) mass is 258 g/mol. The summed E-state index contributed by atoms with van der Waals surface area (Å²) in [6.07, 6.45) is 8.10. The SMILES string of the molecule is C=C(Br)COC(=O)C1CC=CCCC1. The maximum atomic E-state index is 11.5. The quantitative estimate of drug-likeness (QED) is 0.574. The third-order valence-electron chi connectivity index (χ3n) is 2.22. The first-order valence-corrected chi connectivity index (χ1v) is 5.64. The third kappa shape index (κ3) is 4.09. The van der Waals surface area contributed by atoms with E-state index in [1.54, 1.807) is 0 Å². The molecule has 0 saturated carbocycles. The summed E-state index contributed by atoms with van der Waals surface area (Å²) in [5.74, 6) is -0.0576.